The van der Waals surface area contributed by atoms with Gasteiger partial charge in [-0.2, -0.15) is 0 Å². The molecule has 1 aliphatic heterocycles. The summed E-state index contributed by atoms with van der Waals surface area (Å²) in [6.45, 7) is 4.56. The van der Waals surface area contributed by atoms with Gasteiger partial charge in [-0.3, -0.25) is 9.69 Å². The maximum absolute atomic E-state index is 12.9. The monoisotopic (exact) mass is 430 g/mol. The van der Waals surface area contributed by atoms with Crippen LogP contribution in [0.25, 0.3) is 0 Å². The SMILES string of the molecule is Cc1ccc(CCC2CCN(CC(=O)NC(c3ccccc3)c3nccn3C)CC2)cc1. The Morgan fingerprint density at radius 3 is 2.47 bits per heavy atom. The fourth-order valence-corrected chi connectivity index (χ4v) is 4.57. The molecule has 1 atom stereocenters. The zero-order valence-corrected chi connectivity index (χ0v) is 19.2. The summed E-state index contributed by atoms with van der Waals surface area (Å²) in [5.74, 6) is 1.65. The zero-order chi connectivity index (χ0) is 22.3. The summed E-state index contributed by atoms with van der Waals surface area (Å²) in [4.78, 5) is 19.7. The molecule has 1 fully saturated rings. The van der Waals surface area contributed by atoms with Gasteiger partial charge in [0, 0.05) is 19.4 Å². The molecule has 32 heavy (non-hydrogen) atoms. The molecule has 0 saturated carbocycles. The molecule has 1 N–H and O–H groups in total. The summed E-state index contributed by atoms with van der Waals surface area (Å²) in [6, 6.07) is 18.7. The van der Waals surface area contributed by atoms with Crippen LogP contribution in [-0.4, -0.2) is 40.0 Å². The number of carbonyl (C=O) groups is 1. The molecule has 5 heteroatoms. The molecule has 168 valence electrons. The summed E-state index contributed by atoms with van der Waals surface area (Å²) in [6.07, 6.45) is 8.41. The van der Waals surface area contributed by atoms with Gasteiger partial charge in [-0.25, -0.2) is 4.98 Å². The Kier molecular flexibility index (Phi) is 7.38. The molecular formula is C27H34N4O. The molecule has 2 heterocycles. The normalized spacial score (nSPS) is 16.1. The maximum atomic E-state index is 12.9. The first-order valence-electron chi connectivity index (χ1n) is 11.7. The molecule has 1 unspecified atom stereocenters. The van der Waals surface area contributed by atoms with Crippen LogP contribution in [0, 0.1) is 12.8 Å². The van der Waals surface area contributed by atoms with Crippen LogP contribution in [0.4, 0.5) is 0 Å². The number of rotatable bonds is 8. The van der Waals surface area contributed by atoms with E-state index < -0.39 is 0 Å². The quantitative estimate of drug-likeness (QED) is 0.580. The highest BCUT2D eigenvalue weighted by molar-refractivity contribution is 5.79. The fraction of sp³-hybridized carbons (Fsp3) is 0.407. The zero-order valence-electron chi connectivity index (χ0n) is 19.2. The number of piperidine rings is 1. The number of nitrogens with one attached hydrogen (secondary N) is 1. The molecule has 5 nitrogen and oxygen atoms in total. The highest BCUT2D eigenvalue weighted by Crippen LogP contribution is 2.23. The van der Waals surface area contributed by atoms with Crippen molar-refractivity contribution < 1.29 is 4.79 Å². The minimum Gasteiger partial charge on any atom is -0.341 e. The minimum atomic E-state index is -0.240. The van der Waals surface area contributed by atoms with Crippen molar-refractivity contribution in [3.8, 4) is 0 Å². The molecule has 0 aliphatic carbocycles. The highest BCUT2D eigenvalue weighted by Gasteiger charge is 2.24. The van der Waals surface area contributed by atoms with E-state index in [1.165, 1.54) is 30.4 Å². The van der Waals surface area contributed by atoms with Crippen molar-refractivity contribution >= 4 is 5.91 Å². The molecule has 3 aromatic rings. The standard InChI is InChI=1S/C27H34N4O/c1-21-8-10-22(11-9-21)12-13-23-14-17-31(18-15-23)20-25(32)29-26(24-6-4-3-5-7-24)27-28-16-19-30(27)2/h3-11,16,19,23,26H,12-15,17-18,20H2,1-2H3,(H,29,32). The Morgan fingerprint density at radius 1 is 1.09 bits per heavy atom. The van der Waals surface area contributed by atoms with Crippen LogP contribution in [0.2, 0.25) is 0 Å². The van der Waals surface area contributed by atoms with Crippen molar-refractivity contribution in [1.29, 1.82) is 0 Å². The van der Waals surface area contributed by atoms with Gasteiger partial charge in [0.1, 0.15) is 11.9 Å². The molecule has 1 aliphatic rings. The highest BCUT2D eigenvalue weighted by atomic mass is 16.2. The Labute approximate surface area is 191 Å². The number of benzene rings is 2. The van der Waals surface area contributed by atoms with Gasteiger partial charge in [-0.05, 0) is 62.7 Å². The van der Waals surface area contributed by atoms with Gasteiger partial charge in [-0.1, -0.05) is 60.2 Å². The molecule has 1 amide bonds. The van der Waals surface area contributed by atoms with E-state index in [0.29, 0.717) is 6.54 Å². The van der Waals surface area contributed by atoms with E-state index in [2.05, 4.69) is 46.4 Å². The number of imidazole rings is 1. The summed E-state index contributed by atoms with van der Waals surface area (Å²) in [7, 11) is 1.96. The van der Waals surface area contributed by atoms with Gasteiger partial charge in [0.2, 0.25) is 5.91 Å². The van der Waals surface area contributed by atoms with Crippen molar-refractivity contribution in [2.24, 2.45) is 13.0 Å². The van der Waals surface area contributed by atoms with E-state index >= 15 is 0 Å². The van der Waals surface area contributed by atoms with Crippen molar-refractivity contribution in [3.05, 3.63) is 89.5 Å². The number of nitrogens with zero attached hydrogens (tertiary/aromatic N) is 3. The molecule has 0 spiro atoms. The molecule has 1 saturated heterocycles. The summed E-state index contributed by atoms with van der Waals surface area (Å²) in [5, 5.41) is 3.22. The average molecular weight is 431 g/mol. The topological polar surface area (TPSA) is 50.2 Å². The second-order valence-corrected chi connectivity index (χ2v) is 9.05. The number of aryl methyl sites for hydroxylation is 3. The molecule has 4 rings (SSSR count). The lowest BCUT2D eigenvalue weighted by molar-refractivity contribution is -0.123. The lowest BCUT2D eigenvalue weighted by Crippen LogP contribution is -2.43. The van der Waals surface area contributed by atoms with Crippen LogP contribution >= 0.6 is 0 Å². The number of amides is 1. The van der Waals surface area contributed by atoms with Crippen molar-refractivity contribution in [2.75, 3.05) is 19.6 Å². The lowest BCUT2D eigenvalue weighted by atomic mass is 9.90. The number of likely N-dealkylation sites (tertiary alicyclic amines) is 1. The Hall–Kier alpha value is -2.92. The van der Waals surface area contributed by atoms with Crippen LogP contribution in [0.3, 0.4) is 0 Å². The van der Waals surface area contributed by atoms with Crippen molar-refractivity contribution in [3.63, 3.8) is 0 Å². The average Bonchev–Trinajstić information content (AvgIpc) is 3.24. The first kappa shape index (κ1) is 22.3. The largest absolute Gasteiger partial charge is 0.341 e. The van der Waals surface area contributed by atoms with Crippen LogP contribution in [0.1, 0.15) is 47.8 Å². The maximum Gasteiger partial charge on any atom is 0.235 e. The minimum absolute atomic E-state index is 0.0555. The summed E-state index contributed by atoms with van der Waals surface area (Å²) >= 11 is 0. The van der Waals surface area contributed by atoms with Gasteiger partial charge in [-0.15, -0.1) is 0 Å². The molecule has 0 bridgehead atoms. The molecule has 2 aromatic carbocycles. The van der Waals surface area contributed by atoms with E-state index in [0.717, 1.165) is 36.8 Å². The third-order valence-electron chi connectivity index (χ3n) is 6.59. The first-order valence-corrected chi connectivity index (χ1v) is 11.7. The van der Waals surface area contributed by atoms with Crippen molar-refractivity contribution in [2.45, 2.75) is 38.6 Å². The third kappa shape index (κ3) is 5.86. The van der Waals surface area contributed by atoms with Gasteiger partial charge < -0.3 is 9.88 Å². The Morgan fingerprint density at radius 2 is 1.81 bits per heavy atom. The summed E-state index contributed by atoms with van der Waals surface area (Å²) < 4.78 is 1.97. The Bertz CT molecular complexity index is 988. The van der Waals surface area contributed by atoms with Crippen molar-refractivity contribution in [1.82, 2.24) is 19.8 Å². The number of carbonyl (C=O) groups excluding carboxylic acids is 1. The first-order chi connectivity index (χ1) is 15.6. The van der Waals surface area contributed by atoms with Crippen LogP contribution < -0.4 is 5.32 Å². The van der Waals surface area contributed by atoms with Crippen LogP contribution in [0.5, 0.6) is 0 Å². The molecule has 0 radical (unpaired) electrons. The van der Waals surface area contributed by atoms with Gasteiger partial charge in [0.25, 0.3) is 0 Å². The van der Waals surface area contributed by atoms with Crippen LogP contribution in [0.15, 0.2) is 67.0 Å². The molecular weight excluding hydrogens is 396 g/mol. The Balaban J connectivity index is 1.27. The number of hydrogen-bond acceptors (Lipinski definition) is 3. The van der Waals surface area contributed by atoms with Crippen LogP contribution in [-0.2, 0) is 18.3 Å². The van der Waals surface area contributed by atoms with Gasteiger partial charge >= 0.3 is 0 Å². The van der Waals surface area contributed by atoms with Gasteiger partial charge in [0.05, 0.1) is 6.54 Å². The number of hydrogen-bond donors (Lipinski definition) is 1. The predicted molar refractivity (Wildman–Crippen MR) is 128 cm³/mol. The van der Waals surface area contributed by atoms with E-state index in [9.17, 15) is 4.79 Å². The fourth-order valence-electron chi connectivity index (χ4n) is 4.57. The third-order valence-corrected chi connectivity index (χ3v) is 6.59. The molecule has 1 aromatic heterocycles. The second-order valence-electron chi connectivity index (χ2n) is 9.05. The smallest absolute Gasteiger partial charge is 0.235 e. The van der Waals surface area contributed by atoms with E-state index in [1.54, 1.807) is 6.20 Å². The van der Waals surface area contributed by atoms with E-state index in [4.69, 9.17) is 0 Å². The van der Waals surface area contributed by atoms with E-state index in [-0.39, 0.29) is 11.9 Å². The predicted octanol–water partition coefficient (Wildman–Crippen LogP) is 4.28. The number of aromatic nitrogens is 2. The lowest BCUT2D eigenvalue weighted by Gasteiger charge is -2.32. The van der Waals surface area contributed by atoms with E-state index in [1.807, 2.05) is 48.1 Å². The van der Waals surface area contributed by atoms with Gasteiger partial charge in [0.15, 0.2) is 0 Å². The second kappa shape index (κ2) is 10.6. The summed E-state index contributed by atoms with van der Waals surface area (Å²) in [5.41, 5.74) is 3.79.